The second-order valence-corrected chi connectivity index (χ2v) is 5.57. The highest BCUT2D eigenvalue weighted by Gasteiger charge is 2.22. The molecule has 1 fully saturated rings. The molecule has 18 heavy (non-hydrogen) atoms. The Morgan fingerprint density at radius 3 is 3.17 bits per heavy atom. The minimum atomic E-state index is 0.0213. The number of carbonyl (C=O) groups excluding carboxylic acids is 1. The van der Waals surface area contributed by atoms with Gasteiger partial charge in [0.1, 0.15) is 5.75 Å². The predicted molar refractivity (Wildman–Crippen MR) is 71.8 cm³/mol. The first-order valence-corrected chi connectivity index (χ1v) is 7.00. The van der Waals surface area contributed by atoms with Gasteiger partial charge in [0.05, 0.1) is 13.2 Å². The number of benzene rings is 1. The molecule has 1 N–H and O–H groups in total. The number of amides is 2. The lowest BCUT2D eigenvalue weighted by atomic mass is 10.1. The third-order valence-corrected chi connectivity index (χ3v) is 3.81. The average molecular weight is 311 g/mol. The topological polar surface area (TPSA) is 41.6 Å². The molecular formula is C13H15BrN2O2. The van der Waals surface area contributed by atoms with Gasteiger partial charge in [-0.25, -0.2) is 4.79 Å². The Bertz CT molecular complexity index is 490. The van der Waals surface area contributed by atoms with Crippen LogP contribution in [0.25, 0.3) is 0 Å². The molecule has 0 unspecified atom stereocenters. The molecule has 0 radical (unpaired) electrons. The first kappa shape index (κ1) is 11.8. The van der Waals surface area contributed by atoms with Crippen molar-refractivity contribution in [3.63, 3.8) is 0 Å². The molecular weight excluding hydrogens is 296 g/mol. The number of hydrogen-bond acceptors (Lipinski definition) is 2. The highest BCUT2D eigenvalue weighted by molar-refractivity contribution is 9.10. The van der Waals surface area contributed by atoms with Gasteiger partial charge in [-0.3, -0.25) is 0 Å². The van der Waals surface area contributed by atoms with Crippen molar-refractivity contribution in [3.8, 4) is 5.75 Å². The van der Waals surface area contributed by atoms with Gasteiger partial charge in [0.25, 0.3) is 0 Å². The molecule has 1 aromatic rings. The van der Waals surface area contributed by atoms with Crippen LogP contribution < -0.4 is 10.1 Å². The number of ether oxygens (including phenoxy) is 1. The number of hydrogen-bond donors (Lipinski definition) is 1. The first-order valence-electron chi connectivity index (χ1n) is 6.21. The van der Waals surface area contributed by atoms with E-state index >= 15 is 0 Å². The molecule has 5 heteroatoms. The van der Waals surface area contributed by atoms with E-state index in [1.807, 2.05) is 11.0 Å². The number of rotatable bonds is 2. The number of nitrogens with zero attached hydrogens (tertiary/aromatic N) is 1. The zero-order valence-corrected chi connectivity index (χ0v) is 11.6. The summed E-state index contributed by atoms with van der Waals surface area (Å²) < 4.78 is 6.74. The molecule has 2 heterocycles. The Kier molecular flexibility index (Phi) is 3.16. The minimum absolute atomic E-state index is 0.0213. The van der Waals surface area contributed by atoms with Crippen LogP contribution >= 0.6 is 15.9 Å². The van der Waals surface area contributed by atoms with E-state index < -0.39 is 0 Å². The van der Waals surface area contributed by atoms with Crippen molar-refractivity contribution >= 4 is 22.0 Å². The number of urea groups is 1. The van der Waals surface area contributed by atoms with E-state index in [-0.39, 0.29) is 6.03 Å². The van der Waals surface area contributed by atoms with Crippen LogP contribution in [0.5, 0.6) is 5.75 Å². The molecule has 3 rings (SSSR count). The monoisotopic (exact) mass is 310 g/mol. The second kappa shape index (κ2) is 4.80. The van der Waals surface area contributed by atoms with Crippen LogP contribution in [0.2, 0.25) is 0 Å². The van der Waals surface area contributed by atoms with Gasteiger partial charge in [-0.05, 0) is 24.1 Å². The van der Waals surface area contributed by atoms with E-state index in [2.05, 4.69) is 27.3 Å². The summed E-state index contributed by atoms with van der Waals surface area (Å²) in [5.41, 5.74) is 2.32. The molecule has 0 spiro atoms. The Morgan fingerprint density at radius 2 is 2.33 bits per heavy atom. The summed E-state index contributed by atoms with van der Waals surface area (Å²) in [5.74, 6) is 0.969. The van der Waals surface area contributed by atoms with Crippen LogP contribution in [-0.2, 0) is 13.0 Å². The van der Waals surface area contributed by atoms with Gasteiger partial charge in [-0.15, -0.1) is 0 Å². The van der Waals surface area contributed by atoms with Gasteiger partial charge in [0.2, 0.25) is 0 Å². The molecule has 2 aliphatic heterocycles. The molecule has 1 saturated heterocycles. The number of halogens is 1. The van der Waals surface area contributed by atoms with Gasteiger partial charge in [0, 0.05) is 29.5 Å². The quantitative estimate of drug-likeness (QED) is 0.910. The zero-order valence-electron chi connectivity index (χ0n) is 10.0. The Labute approximate surface area is 114 Å². The van der Waals surface area contributed by atoms with Gasteiger partial charge in [-0.1, -0.05) is 15.9 Å². The van der Waals surface area contributed by atoms with Crippen molar-refractivity contribution in [1.82, 2.24) is 10.2 Å². The van der Waals surface area contributed by atoms with Gasteiger partial charge >= 0.3 is 6.03 Å². The maximum absolute atomic E-state index is 11.7. The first-order chi connectivity index (χ1) is 8.74. The van der Waals surface area contributed by atoms with Crippen molar-refractivity contribution in [2.45, 2.75) is 19.4 Å². The summed E-state index contributed by atoms with van der Waals surface area (Å²) in [6.45, 7) is 2.95. The Hall–Kier alpha value is -1.23. The van der Waals surface area contributed by atoms with Crippen LogP contribution in [0.1, 0.15) is 17.5 Å². The SMILES string of the molecule is O=C1NCCCN1Cc1cc(Br)cc2c1OCC2. The normalized spacial score (nSPS) is 18.3. The number of nitrogens with one attached hydrogen (secondary N) is 1. The summed E-state index contributed by atoms with van der Waals surface area (Å²) in [6, 6.07) is 4.17. The van der Waals surface area contributed by atoms with Gasteiger partial charge in [-0.2, -0.15) is 0 Å². The standard InChI is InChI=1S/C13H15BrN2O2/c14-11-6-9-2-5-18-12(9)10(7-11)8-16-4-1-3-15-13(16)17/h6-7H,1-5,8H2,(H,15,17). The molecule has 0 bridgehead atoms. The van der Waals surface area contributed by atoms with E-state index in [0.717, 1.165) is 48.3 Å². The fourth-order valence-corrected chi connectivity index (χ4v) is 3.05. The average Bonchev–Trinajstić information content (AvgIpc) is 2.80. The number of carbonyl (C=O) groups is 1. The van der Waals surface area contributed by atoms with Crippen molar-refractivity contribution in [3.05, 3.63) is 27.7 Å². The summed E-state index contributed by atoms with van der Waals surface area (Å²) in [6.07, 6.45) is 1.96. The van der Waals surface area contributed by atoms with E-state index in [1.165, 1.54) is 5.56 Å². The molecule has 4 nitrogen and oxygen atoms in total. The summed E-state index contributed by atoms with van der Waals surface area (Å²) >= 11 is 3.52. The smallest absolute Gasteiger partial charge is 0.317 e. The van der Waals surface area contributed by atoms with Crippen LogP contribution in [-0.4, -0.2) is 30.6 Å². The maximum Gasteiger partial charge on any atom is 0.317 e. The van der Waals surface area contributed by atoms with Crippen molar-refractivity contribution < 1.29 is 9.53 Å². The molecule has 0 aliphatic carbocycles. The van der Waals surface area contributed by atoms with Gasteiger partial charge < -0.3 is 15.0 Å². The van der Waals surface area contributed by atoms with Crippen molar-refractivity contribution in [2.75, 3.05) is 19.7 Å². The molecule has 0 aromatic heterocycles. The lowest BCUT2D eigenvalue weighted by Crippen LogP contribution is -2.45. The minimum Gasteiger partial charge on any atom is -0.493 e. The molecule has 0 saturated carbocycles. The van der Waals surface area contributed by atoms with Crippen LogP contribution in [0.3, 0.4) is 0 Å². The van der Waals surface area contributed by atoms with E-state index in [9.17, 15) is 4.79 Å². The largest absolute Gasteiger partial charge is 0.493 e. The molecule has 1 aromatic carbocycles. The Balaban J connectivity index is 1.86. The fourth-order valence-electron chi connectivity index (χ4n) is 2.50. The third-order valence-electron chi connectivity index (χ3n) is 3.35. The van der Waals surface area contributed by atoms with Crippen LogP contribution in [0.4, 0.5) is 4.79 Å². The highest BCUT2D eigenvalue weighted by atomic mass is 79.9. The third kappa shape index (κ3) is 2.19. The summed E-state index contributed by atoms with van der Waals surface area (Å²) in [4.78, 5) is 13.6. The van der Waals surface area contributed by atoms with Crippen LogP contribution in [0.15, 0.2) is 16.6 Å². The van der Waals surface area contributed by atoms with Gasteiger partial charge in [0.15, 0.2) is 0 Å². The maximum atomic E-state index is 11.7. The van der Waals surface area contributed by atoms with Crippen molar-refractivity contribution in [1.29, 1.82) is 0 Å². The Morgan fingerprint density at radius 1 is 1.44 bits per heavy atom. The summed E-state index contributed by atoms with van der Waals surface area (Å²) in [7, 11) is 0. The fraction of sp³-hybridized carbons (Fsp3) is 0.462. The van der Waals surface area contributed by atoms with E-state index in [0.29, 0.717) is 6.54 Å². The molecule has 96 valence electrons. The lowest BCUT2D eigenvalue weighted by Gasteiger charge is -2.28. The zero-order chi connectivity index (χ0) is 12.5. The van der Waals surface area contributed by atoms with Crippen LogP contribution in [0, 0.1) is 0 Å². The molecule has 0 atom stereocenters. The van der Waals surface area contributed by atoms with E-state index in [4.69, 9.17) is 4.74 Å². The predicted octanol–water partition coefficient (Wildman–Crippen LogP) is 2.30. The molecule has 2 aliphatic rings. The lowest BCUT2D eigenvalue weighted by molar-refractivity contribution is 0.182. The number of fused-ring (bicyclic) bond motifs is 1. The highest BCUT2D eigenvalue weighted by Crippen LogP contribution is 2.33. The second-order valence-electron chi connectivity index (χ2n) is 4.66. The summed E-state index contributed by atoms with van der Waals surface area (Å²) in [5, 5.41) is 2.87. The van der Waals surface area contributed by atoms with E-state index in [1.54, 1.807) is 0 Å². The molecule has 2 amide bonds. The van der Waals surface area contributed by atoms with Crippen molar-refractivity contribution in [2.24, 2.45) is 0 Å².